The van der Waals surface area contributed by atoms with Gasteiger partial charge in [-0.25, -0.2) is 0 Å². The lowest BCUT2D eigenvalue weighted by molar-refractivity contribution is 0.770. The Bertz CT molecular complexity index is 4050. The Balaban J connectivity index is 1.02. The molecule has 3 heteroatoms. The lowest BCUT2D eigenvalue weighted by Crippen LogP contribution is -2.28. The van der Waals surface area contributed by atoms with Crippen LogP contribution in [0, 0.1) is 0 Å². The van der Waals surface area contributed by atoms with Crippen LogP contribution in [0.4, 0.5) is 34.1 Å². The van der Waals surface area contributed by atoms with Crippen LogP contribution in [-0.2, 0) is 5.41 Å². The fourth-order valence-corrected chi connectivity index (χ4v) is 12.1. The third-order valence-corrected chi connectivity index (χ3v) is 15.4. The smallest absolute Gasteiger partial charge is 0.0713 e. The van der Waals surface area contributed by atoms with E-state index in [4.69, 9.17) is 0 Å². The summed E-state index contributed by atoms with van der Waals surface area (Å²) in [5, 5.41) is 2.35. The summed E-state index contributed by atoms with van der Waals surface area (Å²) >= 11 is 0. The third kappa shape index (κ3) is 7.51. The average molecular weight is 970 g/mol. The van der Waals surface area contributed by atoms with Crippen LogP contribution in [0.5, 0.6) is 0 Å². The molecule has 0 fully saturated rings. The predicted octanol–water partition coefficient (Wildman–Crippen LogP) is 19.4. The van der Waals surface area contributed by atoms with E-state index >= 15 is 0 Å². The van der Waals surface area contributed by atoms with Crippen molar-refractivity contribution in [2.75, 3.05) is 9.80 Å². The average Bonchev–Trinajstić information content (AvgIpc) is 4.03. The van der Waals surface area contributed by atoms with Crippen LogP contribution < -0.4 is 9.80 Å². The normalized spacial score (nSPS) is 12.3. The van der Waals surface area contributed by atoms with Crippen LogP contribution in [0.1, 0.15) is 22.3 Å². The highest BCUT2D eigenvalue weighted by Crippen LogP contribution is 2.57. The Kier molecular flexibility index (Phi) is 11.1. The van der Waals surface area contributed by atoms with Gasteiger partial charge in [0.25, 0.3) is 0 Å². The molecule has 0 N–H and O–H groups in total. The van der Waals surface area contributed by atoms with E-state index in [1.807, 2.05) is 0 Å². The van der Waals surface area contributed by atoms with E-state index in [1.165, 1.54) is 55.3 Å². The molecule has 1 aromatic heterocycles. The van der Waals surface area contributed by atoms with Crippen LogP contribution in [-0.4, -0.2) is 4.57 Å². The summed E-state index contributed by atoms with van der Waals surface area (Å²) in [7, 11) is 0. The van der Waals surface area contributed by atoms with Gasteiger partial charge >= 0.3 is 0 Å². The van der Waals surface area contributed by atoms with Crippen LogP contribution in [0.25, 0.3) is 60.9 Å². The Labute approximate surface area is 444 Å². The number of hydrogen-bond acceptors (Lipinski definition) is 2. The third-order valence-electron chi connectivity index (χ3n) is 15.4. The Hall–Kier alpha value is -9.96. The number of para-hydroxylation sites is 3. The zero-order chi connectivity index (χ0) is 50.4. The first-order valence-corrected chi connectivity index (χ1v) is 26.2. The first kappa shape index (κ1) is 44.7. The molecule has 3 nitrogen and oxygen atoms in total. The first-order valence-electron chi connectivity index (χ1n) is 26.2. The van der Waals surface area contributed by atoms with Crippen molar-refractivity contribution in [2.45, 2.75) is 5.41 Å². The molecule has 0 spiro atoms. The molecule has 12 aromatic carbocycles. The number of rotatable bonds is 11. The van der Waals surface area contributed by atoms with Crippen molar-refractivity contribution < 1.29 is 0 Å². The van der Waals surface area contributed by atoms with Crippen molar-refractivity contribution in [2.24, 2.45) is 0 Å². The van der Waals surface area contributed by atoms with Gasteiger partial charge in [0, 0.05) is 50.6 Å². The van der Waals surface area contributed by atoms with E-state index in [9.17, 15) is 0 Å². The zero-order valence-corrected chi connectivity index (χ0v) is 41.8. The molecule has 14 rings (SSSR count). The summed E-state index contributed by atoms with van der Waals surface area (Å²) in [5.41, 5.74) is 21.6. The van der Waals surface area contributed by atoms with E-state index < -0.39 is 5.41 Å². The van der Waals surface area contributed by atoms with Gasteiger partial charge in [-0.3, -0.25) is 0 Å². The molecule has 0 aliphatic heterocycles. The molecule has 1 aliphatic carbocycles. The molecule has 1 heterocycles. The Morgan fingerprint density at radius 2 is 0.645 bits per heavy atom. The van der Waals surface area contributed by atoms with Gasteiger partial charge in [-0.2, -0.15) is 0 Å². The molecule has 358 valence electrons. The van der Waals surface area contributed by atoms with Crippen molar-refractivity contribution in [1.82, 2.24) is 4.57 Å². The molecule has 0 unspecified atom stereocenters. The topological polar surface area (TPSA) is 11.4 Å². The number of nitrogens with zero attached hydrogens (tertiary/aromatic N) is 3. The second-order valence-corrected chi connectivity index (χ2v) is 19.7. The van der Waals surface area contributed by atoms with Crippen molar-refractivity contribution in [1.29, 1.82) is 0 Å². The zero-order valence-electron chi connectivity index (χ0n) is 41.8. The lowest BCUT2D eigenvalue weighted by Gasteiger charge is -2.34. The van der Waals surface area contributed by atoms with Gasteiger partial charge in [0.2, 0.25) is 0 Å². The molecule has 0 bridgehead atoms. The van der Waals surface area contributed by atoms with E-state index in [2.05, 4.69) is 324 Å². The summed E-state index contributed by atoms with van der Waals surface area (Å²) in [6.45, 7) is 0. The van der Waals surface area contributed by atoms with Gasteiger partial charge in [0.05, 0.1) is 16.4 Å². The SMILES string of the molecule is c1ccc(-c2cc(-c3ccccc3)cc(N(c3ccccc3)c3ccc4c(c3)c3cc(C5(c6ccccc6)c6ccccc6-c6ccccc65)ccc3n4-c3ccc(N(c4ccccc4)c4ccccc4)cc3)c2)cc1. The van der Waals surface area contributed by atoms with Gasteiger partial charge in [0.15, 0.2) is 0 Å². The summed E-state index contributed by atoms with van der Waals surface area (Å²) in [5.74, 6) is 0. The molecule has 0 atom stereocenters. The van der Waals surface area contributed by atoms with Crippen molar-refractivity contribution in [3.05, 3.63) is 332 Å². The monoisotopic (exact) mass is 969 g/mol. The van der Waals surface area contributed by atoms with E-state index in [-0.39, 0.29) is 0 Å². The molecule has 0 radical (unpaired) electrons. The molecule has 0 saturated heterocycles. The largest absolute Gasteiger partial charge is 0.311 e. The second kappa shape index (κ2) is 18.8. The molecule has 13 aromatic rings. The van der Waals surface area contributed by atoms with E-state index in [0.717, 1.165) is 62.0 Å². The molecular weight excluding hydrogens is 919 g/mol. The minimum absolute atomic E-state index is 0.559. The number of anilines is 6. The maximum atomic E-state index is 2.50. The van der Waals surface area contributed by atoms with E-state index in [1.54, 1.807) is 0 Å². The second-order valence-electron chi connectivity index (χ2n) is 19.7. The number of benzene rings is 12. The fraction of sp³-hybridized carbons (Fsp3) is 0.0137. The maximum absolute atomic E-state index is 2.50. The summed E-state index contributed by atoms with van der Waals surface area (Å²) < 4.78 is 2.46. The highest BCUT2D eigenvalue weighted by molar-refractivity contribution is 6.11. The summed E-state index contributed by atoms with van der Waals surface area (Å²) in [4.78, 5) is 4.75. The highest BCUT2D eigenvalue weighted by atomic mass is 15.1. The van der Waals surface area contributed by atoms with Gasteiger partial charge in [-0.1, -0.05) is 200 Å². The van der Waals surface area contributed by atoms with E-state index in [0.29, 0.717) is 0 Å². The van der Waals surface area contributed by atoms with Gasteiger partial charge in [-0.15, -0.1) is 0 Å². The van der Waals surface area contributed by atoms with Crippen LogP contribution in [0.2, 0.25) is 0 Å². The fourth-order valence-electron chi connectivity index (χ4n) is 12.1. The number of hydrogen-bond donors (Lipinski definition) is 0. The van der Waals surface area contributed by atoms with Crippen LogP contribution >= 0.6 is 0 Å². The maximum Gasteiger partial charge on any atom is 0.0713 e. The number of fused-ring (bicyclic) bond motifs is 6. The minimum Gasteiger partial charge on any atom is -0.311 e. The Morgan fingerprint density at radius 3 is 1.16 bits per heavy atom. The predicted molar refractivity (Wildman–Crippen MR) is 318 cm³/mol. The van der Waals surface area contributed by atoms with Gasteiger partial charge in [-0.05, 0) is 165 Å². The Morgan fingerprint density at radius 1 is 0.250 bits per heavy atom. The molecular formula is C73H51N3. The molecule has 76 heavy (non-hydrogen) atoms. The number of aromatic nitrogens is 1. The minimum atomic E-state index is -0.559. The molecule has 0 amide bonds. The van der Waals surface area contributed by atoms with Crippen molar-refractivity contribution in [3.8, 4) is 39.1 Å². The highest BCUT2D eigenvalue weighted by Gasteiger charge is 2.46. The van der Waals surface area contributed by atoms with Crippen LogP contribution in [0.15, 0.2) is 309 Å². The van der Waals surface area contributed by atoms with Gasteiger partial charge in [0.1, 0.15) is 0 Å². The summed E-state index contributed by atoms with van der Waals surface area (Å²) in [6, 6.07) is 113. The van der Waals surface area contributed by atoms with Crippen molar-refractivity contribution >= 4 is 55.9 Å². The standard InChI is InChI=1S/C73H51N3/c1-7-23-52(24-8-1)54-47-55(53-25-9-2-10-26-53)49-64(48-54)75(60-33-17-6-18-34-60)63-44-46-72-68(51-63)67-50-57(73(56-27-11-3-12-28-56)69-37-21-19-35-65(69)66-36-20-22-38-70(66)73)39-45-71(67)76(72)62-42-40-61(41-43-62)74(58-29-13-4-14-30-58)59-31-15-5-16-32-59/h1-51H. The van der Waals surface area contributed by atoms with Crippen molar-refractivity contribution in [3.63, 3.8) is 0 Å². The molecule has 0 saturated carbocycles. The molecule has 1 aliphatic rings. The quantitative estimate of drug-likeness (QED) is 0.128. The van der Waals surface area contributed by atoms with Crippen LogP contribution in [0.3, 0.4) is 0 Å². The summed E-state index contributed by atoms with van der Waals surface area (Å²) in [6.07, 6.45) is 0. The first-order chi connectivity index (χ1) is 37.7. The van der Waals surface area contributed by atoms with Gasteiger partial charge < -0.3 is 14.4 Å². The lowest BCUT2D eigenvalue weighted by atomic mass is 9.67.